The summed E-state index contributed by atoms with van der Waals surface area (Å²) in [5.74, 6) is -0.731. The van der Waals surface area contributed by atoms with Gasteiger partial charge in [0, 0.05) is 19.3 Å². The summed E-state index contributed by atoms with van der Waals surface area (Å²) in [5, 5.41) is 2.77. The molecule has 0 unspecified atom stereocenters. The minimum atomic E-state index is -0.773. The number of ether oxygens (including phenoxy) is 2. The maximum atomic E-state index is 12.4. The van der Waals surface area contributed by atoms with Crippen molar-refractivity contribution in [2.75, 3.05) is 0 Å². The second-order valence-electron chi connectivity index (χ2n) is 12.9. The third kappa shape index (κ3) is 26.1. The summed E-state index contributed by atoms with van der Waals surface area (Å²) in [7, 11) is 0. The predicted octanol–water partition coefficient (Wildman–Crippen LogP) is 7.77. The van der Waals surface area contributed by atoms with Crippen LogP contribution >= 0.6 is 0 Å². The molecule has 7 heteroatoms. The minimum absolute atomic E-state index is 0.0124. The van der Waals surface area contributed by atoms with E-state index in [0.29, 0.717) is 12.8 Å². The fourth-order valence-electron chi connectivity index (χ4n) is 4.30. The molecule has 0 aromatic heterocycles. The molecule has 1 atom stereocenters. The van der Waals surface area contributed by atoms with E-state index in [1.165, 1.54) is 64.7 Å². The Hall–Kier alpha value is -1.92. The van der Waals surface area contributed by atoms with E-state index in [4.69, 9.17) is 9.47 Å². The molecule has 228 valence electrons. The second-order valence-corrected chi connectivity index (χ2v) is 12.9. The van der Waals surface area contributed by atoms with E-state index >= 15 is 0 Å². The zero-order chi connectivity index (χ0) is 29.7. The maximum absolute atomic E-state index is 12.4. The number of nitrogens with one attached hydrogen (secondary N) is 1. The number of hydrogen-bond donors (Lipinski definition) is 1. The molecule has 0 rings (SSSR count). The number of unbranched alkanes of at least 4 members (excludes halogenated alkanes) is 13. The van der Waals surface area contributed by atoms with E-state index in [-0.39, 0.29) is 36.1 Å². The zero-order valence-corrected chi connectivity index (χ0v) is 26.3. The van der Waals surface area contributed by atoms with E-state index in [1.54, 1.807) is 20.8 Å². The molecule has 0 aliphatic heterocycles. The second kappa shape index (κ2) is 20.9. The number of amides is 1. The Bertz CT molecular complexity index is 704. The van der Waals surface area contributed by atoms with E-state index in [9.17, 15) is 19.2 Å². The molecule has 1 N–H and O–H groups in total. The molecule has 0 saturated carbocycles. The molecule has 0 saturated heterocycles. The monoisotopic (exact) mass is 553 g/mol. The molecule has 0 aromatic carbocycles. The van der Waals surface area contributed by atoms with Crippen LogP contribution in [-0.2, 0) is 28.7 Å². The molecule has 39 heavy (non-hydrogen) atoms. The minimum Gasteiger partial charge on any atom is -0.460 e. The van der Waals surface area contributed by atoms with Gasteiger partial charge in [0.05, 0.1) is 0 Å². The molecular formula is C32H59NO6. The number of Topliss-reactive ketones (excluding diaryl/α,β-unsaturated/α-hetero) is 1. The van der Waals surface area contributed by atoms with Gasteiger partial charge in [-0.05, 0) is 67.7 Å². The van der Waals surface area contributed by atoms with Crippen LogP contribution in [0, 0.1) is 0 Å². The molecule has 0 aliphatic rings. The van der Waals surface area contributed by atoms with Crippen molar-refractivity contribution in [2.45, 2.75) is 181 Å². The fourth-order valence-corrected chi connectivity index (χ4v) is 4.30. The zero-order valence-electron chi connectivity index (χ0n) is 26.3. The highest BCUT2D eigenvalue weighted by Crippen LogP contribution is 2.15. The first-order valence-electron chi connectivity index (χ1n) is 15.4. The third-order valence-electron chi connectivity index (χ3n) is 6.27. The number of carbonyl (C=O) groups is 4. The van der Waals surface area contributed by atoms with E-state index in [2.05, 4.69) is 5.32 Å². The first kappa shape index (κ1) is 37.1. The largest absolute Gasteiger partial charge is 0.460 e. The first-order chi connectivity index (χ1) is 18.2. The van der Waals surface area contributed by atoms with Gasteiger partial charge in [0.25, 0.3) is 0 Å². The highest BCUT2D eigenvalue weighted by atomic mass is 16.6. The van der Waals surface area contributed by atoms with Crippen LogP contribution in [0.15, 0.2) is 0 Å². The summed E-state index contributed by atoms with van der Waals surface area (Å²) in [6.45, 7) is 12.6. The Kier molecular flexibility index (Phi) is 19.9. The van der Waals surface area contributed by atoms with Gasteiger partial charge in [-0.15, -0.1) is 0 Å². The van der Waals surface area contributed by atoms with Gasteiger partial charge in [0.2, 0.25) is 5.91 Å². The van der Waals surface area contributed by atoms with Crippen molar-refractivity contribution in [1.82, 2.24) is 5.32 Å². The standard InChI is InChI=1S/C32H59NO6/c1-26(34)24-25-27(30(37)39-32(5,6)7)33-28(35)22-20-18-16-14-12-10-8-9-11-13-15-17-19-21-23-29(36)38-31(2,3)4/h27H,8-25H2,1-7H3,(H,33,35)/t27-/m0/s1. The van der Waals surface area contributed by atoms with Crippen LogP contribution in [0.3, 0.4) is 0 Å². The van der Waals surface area contributed by atoms with Crippen LogP contribution in [-0.4, -0.2) is 40.9 Å². The quantitative estimate of drug-likeness (QED) is 0.109. The smallest absolute Gasteiger partial charge is 0.329 e. The van der Waals surface area contributed by atoms with Gasteiger partial charge in [-0.25, -0.2) is 4.79 Å². The number of ketones is 1. The van der Waals surface area contributed by atoms with Gasteiger partial charge >= 0.3 is 11.9 Å². The Morgan fingerprint density at radius 3 is 1.33 bits per heavy atom. The Morgan fingerprint density at radius 1 is 0.564 bits per heavy atom. The molecule has 0 radical (unpaired) electrons. The average Bonchev–Trinajstić information content (AvgIpc) is 2.79. The number of carbonyl (C=O) groups excluding carboxylic acids is 4. The van der Waals surface area contributed by atoms with Gasteiger partial charge in [0.1, 0.15) is 23.0 Å². The van der Waals surface area contributed by atoms with Crippen molar-refractivity contribution in [2.24, 2.45) is 0 Å². The van der Waals surface area contributed by atoms with Crippen LogP contribution in [0.5, 0.6) is 0 Å². The summed E-state index contributed by atoms with van der Waals surface area (Å²) in [4.78, 5) is 47.8. The van der Waals surface area contributed by atoms with Gasteiger partial charge in [-0.2, -0.15) is 0 Å². The Balaban J connectivity index is 3.71. The lowest BCUT2D eigenvalue weighted by molar-refractivity contribution is -0.159. The highest BCUT2D eigenvalue weighted by molar-refractivity contribution is 5.85. The molecule has 7 nitrogen and oxygen atoms in total. The van der Waals surface area contributed by atoms with Gasteiger partial charge in [0.15, 0.2) is 0 Å². The molecule has 1 amide bonds. The van der Waals surface area contributed by atoms with E-state index < -0.39 is 17.6 Å². The van der Waals surface area contributed by atoms with Crippen LogP contribution in [0.4, 0.5) is 0 Å². The van der Waals surface area contributed by atoms with E-state index in [1.807, 2.05) is 20.8 Å². The highest BCUT2D eigenvalue weighted by Gasteiger charge is 2.26. The van der Waals surface area contributed by atoms with Crippen LogP contribution in [0.25, 0.3) is 0 Å². The lowest BCUT2D eigenvalue weighted by atomic mass is 10.0. The third-order valence-corrected chi connectivity index (χ3v) is 6.27. The van der Waals surface area contributed by atoms with Crippen molar-refractivity contribution in [3.63, 3.8) is 0 Å². The molecule has 0 fully saturated rings. The average molecular weight is 554 g/mol. The maximum Gasteiger partial charge on any atom is 0.329 e. The van der Waals surface area contributed by atoms with Crippen LogP contribution in [0.2, 0.25) is 0 Å². The lowest BCUT2D eigenvalue weighted by Crippen LogP contribution is -2.44. The molecular weight excluding hydrogens is 494 g/mol. The van der Waals surface area contributed by atoms with Gasteiger partial charge in [-0.1, -0.05) is 77.0 Å². The van der Waals surface area contributed by atoms with Crippen molar-refractivity contribution in [1.29, 1.82) is 0 Å². The predicted molar refractivity (Wildman–Crippen MR) is 157 cm³/mol. The van der Waals surface area contributed by atoms with Crippen LogP contribution < -0.4 is 5.32 Å². The Labute approximate surface area is 238 Å². The van der Waals surface area contributed by atoms with Crippen molar-refractivity contribution >= 4 is 23.6 Å². The lowest BCUT2D eigenvalue weighted by Gasteiger charge is -2.24. The van der Waals surface area contributed by atoms with Gasteiger partial charge in [-0.3, -0.25) is 9.59 Å². The molecule has 0 aliphatic carbocycles. The number of rotatable bonds is 22. The number of hydrogen-bond acceptors (Lipinski definition) is 6. The fraction of sp³-hybridized carbons (Fsp3) is 0.875. The van der Waals surface area contributed by atoms with Crippen molar-refractivity contribution in [3.05, 3.63) is 0 Å². The van der Waals surface area contributed by atoms with Gasteiger partial charge < -0.3 is 19.6 Å². The summed E-state index contributed by atoms with van der Waals surface area (Å²) >= 11 is 0. The van der Waals surface area contributed by atoms with E-state index in [0.717, 1.165) is 32.1 Å². The molecule has 0 spiro atoms. The molecule has 0 bridgehead atoms. The normalized spacial score (nSPS) is 12.6. The Morgan fingerprint density at radius 2 is 0.949 bits per heavy atom. The first-order valence-corrected chi connectivity index (χ1v) is 15.4. The molecule has 0 aromatic rings. The molecule has 0 heterocycles. The summed E-state index contributed by atoms with van der Waals surface area (Å²) in [5.41, 5.74) is -1.02. The van der Waals surface area contributed by atoms with Crippen molar-refractivity contribution in [3.8, 4) is 0 Å². The van der Waals surface area contributed by atoms with Crippen LogP contribution in [0.1, 0.15) is 164 Å². The van der Waals surface area contributed by atoms with Crippen molar-refractivity contribution < 1.29 is 28.7 Å². The summed E-state index contributed by atoms with van der Waals surface area (Å²) in [6, 6.07) is -0.773. The number of esters is 2. The summed E-state index contributed by atoms with van der Waals surface area (Å²) in [6.07, 6.45) is 17.7. The topological polar surface area (TPSA) is 98.8 Å². The SMILES string of the molecule is CC(=O)CC[C@H](NC(=O)CCCCCCCCCCCCCCCCC(=O)OC(C)(C)C)C(=O)OC(C)(C)C. The summed E-state index contributed by atoms with van der Waals surface area (Å²) < 4.78 is 10.7.